The summed E-state index contributed by atoms with van der Waals surface area (Å²) in [5.41, 5.74) is 1.25. The van der Waals surface area contributed by atoms with Gasteiger partial charge in [-0.05, 0) is 30.7 Å². The second kappa shape index (κ2) is 7.95. The molecular weight excluding hydrogens is 238 g/mol. The van der Waals surface area contributed by atoms with Gasteiger partial charge in [-0.25, -0.2) is 0 Å². The molecule has 0 aliphatic rings. The summed E-state index contributed by atoms with van der Waals surface area (Å²) >= 11 is 0. The summed E-state index contributed by atoms with van der Waals surface area (Å²) in [4.78, 5) is 11.3. The zero-order valence-corrected chi connectivity index (χ0v) is 12.1. The highest BCUT2D eigenvalue weighted by Crippen LogP contribution is 2.10. The van der Waals surface area contributed by atoms with Crippen LogP contribution >= 0.6 is 0 Å². The van der Waals surface area contributed by atoms with Crippen molar-refractivity contribution >= 4 is 5.97 Å². The molecule has 3 heteroatoms. The number of carboxylic acids is 1. The van der Waals surface area contributed by atoms with Gasteiger partial charge in [0.1, 0.15) is 6.04 Å². The highest BCUT2D eigenvalue weighted by atomic mass is 16.4. The first-order valence-corrected chi connectivity index (χ1v) is 7.05. The van der Waals surface area contributed by atoms with Crippen LogP contribution in [0.25, 0.3) is 0 Å². The third-order valence-electron chi connectivity index (χ3n) is 3.26. The first-order valence-electron chi connectivity index (χ1n) is 7.05. The lowest BCUT2D eigenvalue weighted by Crippen LogP contribution is -2.44. The Kier molecular flexibility index (Phi) is 6.57. The van der Waals surface area contributed by atoms with E-state index in [1.54, 1.807) is 0 Å². The van der Waals surface area contributed by atoms with Gasteiger partial charge in [0.25, 0.3) is 0 Å². The summed E-state index contributed by atoms with van der Waals surface area (Å²) in [6.07, 6.45) is 2.47. The number of carboxylic acid groups (broad SMARTS) is 1. The maximum absolute atomic E-state index is 11.3. The number of hydrogen-bond donors (Lipinski definition) is 2. The lowest BCUT2D eigenvalue weighted by atomic mass is 9.99. The molecule has 0 aliphatic heterocycles. The van der Waals surface area contributed by atoms with Crippen molar-refractivity contribution in [3.8, 4) is 0 Å². The topological polar surface area (TPSA) is 49.3 Å². The molecule has 0 bridgehead atoms. The average Bonchev–Trinajstić information content (AvgIpc) is 2.37. The molecule has 0 spiro atoms. The normalized spacial score (nSPS) is 14.3. The molecule has 106 valence electrons. The van der Waals surface area contributed by atoms with E-state index in [-0.39, 0.29) is 6.04 Å². The van der Waals surface area contributed by atoms with Gasteiger partial charge in [-0.2, -0.15) is 0 Å². The molecule has 0 radical (unpaired) electrons. The smallest absolute Gasteiger partial charge is 0.320 e. The molecule has 0 aromatic heterocycles. The molecule has 2 atom stereocenters. The van der Waals surface area contributed by atoms with Gasteiger partial charge in [0, 0.05) is 6.04 Å². The van der Waals surface area contributed by atoms with E-state index in [1.165, 1.54) is 5.56 Å². The SMILES string of the molecule is CCC(Cc1ccccc1)NC(CC(C)C)C(=O)O. The number of benzene rings is 1. The summed E-state index contributed by atoms with van der Waals surface area (Å²) in [5.74, 6) is -0.372. The van der Waals surface area contributed by atoms with Gasteiger partial charge < -0.3 is 10.4 Å². The van der Waals surface area contributed by atoms with Crippen molar-refractivity contribution < 1.29 is 9.90 Å². The van der Waals surface area contributed by atoms with Crippen LogP contribution in [-0.4, -0.2) is 23.2 Å². The van der Waals surface area contributed by atoms with E-state index in [2.05, 4.69) is 38.2 Å². The average molecular weight is 263 g/mol. The van der Waals surface area contributed by atoms with Crippen LogP contribution in [0.4, 0.5) is 0 Å². The van der Waals surface area contributed by atoms with Crippen LogP contribution < -0.4 is 5.32 Å². The Morgan fingerprint density at radius 1 is 1.26 bits per heavy atom. The zero-order valence-electron chi connectivity index (χ0n) is 12.1. The maximum atomic E-state index is 11.3. The first kappa shape index (κ1) is 15.7. The van der Waals surface area contributed by atoms with Crippen molar-refractivity contribution in [3.05, 3.63) is 35.9 Å². The van der Waals surface area contributed by atoms with Gasteiger partial charge in [-0.15, -0.1) is 0 Å². The minimum Gasteiger partial charge on any atom is -0.480 e. The number of carbonyl (C=O) groups is 1. The molecule has 2 unspecified atom stereocenters. The molecule has 0 aliphatic carbocycles. The number of aliphatic carboxylic acids is 1. The number of nitrogens with one attached hydrogen (secondary N) is 1. The van der Waals surface area contributed by atoms with E-state index in [0.29, 0.717) is 12.3 Å². The molecule has 0 heterocycles. The van der Waals surface area contributed by atoms with Crippen LogP contribution in [-0.2, 0) is 11.2 Å². The predicted molar refractivity (Wildman–Crippen MR) is 78.2 cm³/mol. The van der Waals surface area contributed by atoms with Crippen molar-refractivity contribution in [2.75, 3.05) is 0 Å². The molecule has 0 saturated heterocycles. The van der Waals surface area contributed by atoms with Gasteiger partial charge in [-0.1, -0.05) is 51.1 Å². The van der Waals surface area contributed by atoms with E-state index >= 15 is 0 Å². The van der Waals surface area contributed by atoms with Crippen LogP contribution in [0.2, 0.25) is 0 Å². The van der Waals surface area contributed by atoms with E-state index in [1.807, 2.05) is 18.2 Å². The molecular formula is C16H25NO2. The second-order valence-corrected chi connectivity index (χ2v) is 5.48. The Morgan fingerprint density at radius 3 is 2.37 bits per heavy atom. The third-order valence-corrected chi connectivity index (χ3v) is 3.26. The monoisotopic (exact) mass is 263 g/mol. The molecule has 19 heavy (non-hydrogen) atoms. The van der Waals surface area contributed by atoms with Crippen molar-refractivity contribution in [2.45, 2.75) is 52.1 Å². The van der Waals surface area contributed by atoms with Crippen LogP contribution in [0.15, 0.2) is 30.3 Å². The van der Waals surface area contributed by atoms with Crippen molar-refractivity contribution in [2.24, 2.45) is 5.92 Å². The summed E-state index contributed by atoms with van der Waals surface area (Å²) < 4.78 is 0. The van der Waals surface area contributed by atoms with E-state index in [0.717, 1.165) is 12.8 Å². The standard InChI is InChI=1S/C16H25NO2/c1-4-14(11-13-8-6-5-7-9-13)17-15(16(18)19)10-12(2)3/h5-9,12,14-15,17H,4,10-11H2,1-3H3,(H,18,19). The molecule has 1 aromatic carbocycles. The van der Waals surface area contributed by atoms with Crippen LogP contribution in [0.5, 0.6) is 0 Å². The molecule has 0 saturated carbocycles. The maximum Gasteiger partial charge on any atom is 0.320 e. The lowest BCUT2D eigenvalue weighted by molar-refractivity contribution is -0.140. The predicted octanol–water partition coefficient (Wildman–Crippen LogP) is 3.10. The van der Waals surface area contributed by atoms with Gasteiger partial charge in [0.15, 0.2) is 0 Å². The summed E-state index contributed by atoms with van der Waals surface area (Å²) in [5, 5.41) is 12.6. The Labute approximate surface area is 116 Å². The Bertz CT molecular complexity index is 376. The Balaban J connectivity index is 2.61. The van der Waals surface area contributed by atoms with Gasteiger partial charge >= 0.3 is 5.97 Å². The summed E-state index contributed by atoms with van der Waals surface area (Å²) in [6, 6.07) is 9.97. The number of hydrogen-bond acceptors (Lipinski definition) is 2. The minimum absolute atomic E-state index is 0.210. The zero-order chi connectivity index (χ0) is 14.3. The summed E-state index contributed by atoms with van der Waals surface area (Å²) in [6.45, 7) is 6.19. The highest BCUT2D eigenvalue weighted by molar-refractivity contribution is 5.73. The van der Waals surface area contributed by atoms with Crippen molar-refractivity contribution in [1.82, 2.24) is 5.32 Å². The second-order valence-electron chi connectivity index (χ2n) is 5.48. The summed E-state index contributed by atoms with van der Waals surface area (Å²) in [7, 11) is 0. The Morgan fingerprint density at radius 2 is 1.89 bits per heavy atom. The molecule has 0 amide bonds. The van der Waals surface area contributed by atoms with Crippen LogP contribution in [0, 0.1) is 5.92 Å². The fourth-order valence-corrected chi connectivity index (χ4v) is 2.22. The van der Waals surface area contributed by atoms with Gasteiger partial charge in [0.05, 0.1) is 0 Å². The molecule has 1 aromatic rings. The molecule has 1 rings (SSSR count). The molecule has 3 nitrogen and oxygen atoms in total. The fourth-order valence-electron chi connectivity index (χ4n) is 2.22. The quantitative estimate of drug-likeness (QED) is 0.757. The lowest BCUT2D eigenvalue weighted by Gasteiger charge is -2.23. The van der Waals surface area contributed by atoms with Gasteiger partial charge in [-0.3, -0.25) is 4.79 Å². The van der Waals surface area contributed by atoms with Crippen molar-refractivity contribution in [3.63, 3.8) is 0 Å². The fraction of sp³-hybridized carbons (Fsp3) is 0.562. The first-order chi connectivity index (χ1) is 9.02. The number of rotatable bonds is 8. The highest BCUT2D eigenvalue weighted by Gasteiger charge is 2.21. The molecule has 2 N–H and O–H groups in total. The molecule has 0 fully saturated rings. The minimum atomic E-state index is -0.750. The van der Waals surface area contributed by atoms with Gasteiger partial charge in [0.2, 0.25) is 0 Å². The van der Waals surface area contributed by atoms with Crippen LogP contribution in [0.1, 0.15) is 39.2 Å². The van der Waals surface area contributed by atoms with Crippen molar-refractivity contribution in [1.29, 1.82) is 0 Å². The van der Waals surface area contributed by atoms with E-state index in [4.69, 9.17) is 0 Å². The van der Waals surface area contributed by atoms with E-state index in [9.17, 15) is 9.90 Å². The third kappa shape index (κ3) is 5.88. The van der Waals surface area contributed by atoms with Crippen LogP contribution in [0.3, 0.4) is 0 Å². The van der Waals surface area contributed by atoms with E-state index < -0.39 is 12.0 Å². The Hall–Kier alpha value is -1.35. The largest absolute Gasteiger partial charge is 0.480 e.